The van der Waals surface area contributed by atoms with Crippen LogP contribution in [0.2, 0.25) is 0 Å². The molecule has 0 saturated carbocycles. The predicted octanol–water partition coefficient (Wildman–Crippen LogP) is -0.576. The predicted molar refractivity (Wildman–Crippen MR) is 56.8 cm³/mol. The molecule has 6 nitrogen and oxygen atoms in total. The molecule has 6 heteroatoms. The van der Waals surface area contributed by atoms with E-state index in [1.807, 2.05) is 13.8 Å². The third-order valence-electron chi connectivity index (χ3n) is 2.44. The Kier molecular flexibility index (Phi) is 4.26. The molecule has 0 radical (unpaired) electrons. The van der Waals surface area contributed by atoms with Gasteiger partial charge in [-0.25, -0.2) is 0 Å². The maximum Gasteiger partial charge on any atom is 0.305 e. The van der Waals surface area contributed by atoms with Crippen LogP contribution in [0, 0.1) is 0 Å². The summed E-state index contributed by atoms with van der Waals surface area (Å²) in [5.74, 6) is -1.38. The van der Waals surface area contributed by atoms with Crippen LogP contribution in [-0.2, 0) is 14.3 Å². The molecule has 1 heterocycles. The molecule has 0 aliphatic carbocycles. The third kappa shape index (κ3) is 3.46. The van der Waals surface area contributed by atoms with E-state index in [9.17, 15) is 9.59 Å². The molecule has 1 rings (SSSR count). The van der Waals surface area contributed by atoms with Gasteiger partial charge in [-0.3, -0.25) is 9.59 Å². The fourth-order valence-corrected chi connectivity index (χ4v) is 1.87. The molecule has 1 saturated heterocycles. The summed E-state index contributed by atoms with van der Waals surface area (Å²) in [7, 11) is 0. The van der Waals surface area contributed by atoms with Crippen molar-refractivity contribution in [3.05, 3.63) is 0 Å². The van der Waals surface area contributed by atoms with Crippen LogP contribution in [0.25, 0.3) is 0 Å². The Labute approximate surface area is 94.3 Å². The van der Waals surface area contributed by atoms with Crippen LogP contribution in [0.1, 0.15) is 20.3 Å². The molecule has 92 valence electrons. The summed E-state index contributed by atoms with van der Waals surface area (Å²) in [6.07, 6.45) is -0.409. The van der Waals surface area contributed by atoms with Crippen LogP contribution < -0.4 is 5.73 Å². The minimum Gasteiger partial charge on any atom is -0.481 e. The van der Waals surface area contributed by atoms with Gasteiger partial charge in [-0.2, -0.15) is 0 Å². The van der Waals surface area contributed by atoms with Crippen molar-refractivity contribution < 1.29 is 19.4 Å². The van der Waals surface area contributed by atoms with Gasteiger partial charge in [0, 0.05) is 13.1 Å². The molecule has 3 N–H and O–H groups in total. The number of nitrogens with zero attached hydrogens (tertiary/aromatic N) is 1. The zero-order valence-corrected chi connectivity index (χ0v) is 9.55. The number of amides is 1. The zero-order chi connectivity index (χ0) is 12.3. The van der Waals surface area contributed by atoms with Gasteiger partial charge in [0.05, 0.1) is 24.7 Å². The van der Waals surface area contributed by atoms with Crippen molar-refractivity contribution in [1.82, 2.24) is 4.90 Å². The van der Waals surface area contributed by atoms with Gasteiger partial charge >= 0.3 is 5.97 Å². The van der Waals surface area contributed by atoms with Gasteiger partial charge in [-0.15, -0.1) is 0 Å². The lowest BCUT2D eigenvalue weighted by atomic mass is 10.1. The van der Waals surface area contributed by atoms with E-state index in [1.54, 1.807) is 4.90 Å². The highest BCUT2D eigenvalue weighted by Gasteiger charge is 2.29. The Balaban J connectivity index is 2.55. The fourth-order valence-electron chi connectivity index (χ4n) is 1.87. The Bertz CT molecular complexity index is 272. The number of carboxylic acid groups (broad SMARTS) is 1. The first-order chi connectivity index (χ1) is 7.40. The molecule has 1 aliphatic rings. The zero-order valence-electron chi connectivity index (χ0n) is 9.55. The molecule has 3 atom stereocenters. The van der Waals surface area contributed by atoms with Gasteiger partial charge in [-0.1, -0.05) is 0 Å². The van der Waals surface area contributed by atoms with Gasteiger partial charge in [0.15, 0.2) is 0 Å². The summed E-state index contributed by atoms with van der Waals surface area (Å²) < 4.78 is 5.48. The standard InChI is InChI=1S/C10H18N2O4/c1-6-4-12(5-7(2)16-6)10(15)8(11)3-9(13)14/h6-8H,3-5,11H2,1-2H3,(H,13,14)/t6-,7+,8?. The summed E-state index contributed by atoms with van der Waals surface area (Å²) in [5, 5.41) is 8.56. The van der Waals surface area contributed by atoms with Crippen LogP contribution in [-0.4, -0.2) is 53.2 Å². The van der Waals surface area contributed by atoms with Crippen LogP contribution in [0.4, 0.5) is 0 Å². The maximum atomic E-state index is 11.8. The number of morpholine rings is 1. The summed E-state index contributed by atoms with van der Waals surface area (Å²) in [6.45, 7) is 4.68. The molecule has 1 aliphatic heterocycles. The number of rotatable bonds is 3. The van der Waals surface area contributed by atoms with Crippen LogP contribution in [0.15, 0.2) is 0 Å². The molecule has 0 aromatic carbocycles. The lowest BCUT2D eigenvalue weighted by molar-refractivity contribution is -0.148. The normalized spacial score (nSPS) is 27.6. The van der Waals surface area contributed by atoms with Crippen LogP contribution >= 0.6 is 0 Å². The van der Waals surface area contributed by atoms with E-state index in [0.29, 0.717) is 13.1 Å². The first kappa shape index (κ1) is 12.9. The van der Waals surface area contributed by atoms with Gasteiger partial charge in [0.2, 0.25) is 5.91 Å². The molecule has 0 aromatic rings. The summed E-state index contributed by atoms with van der Waals surface area (Å²) in [6, 6.07) is -0.963. The topological polar surface area (TPSA) is 92.9 Å². The largest absolute Gasteiger partial charge is 0.481 e. The van der Waals surface area contributed by atoms with Crippen molar-refractivity contribution in [2.45, 2.75) is 38.5 Å². The average Bonchev–Trinajstić information content (AvgIpc) is 2.13. The fraction of sp³-hybridized carbons (Fsp3) is 0.800. The van der Waals surface area contributed by atoms with Crippen molar-refractivity contribution in [3.8, 4) is 0 Å². The van der Waals surface area contributed by atoms with Gasteiger partial charge in [-0.05, 0) is 13.8 Å². The number of carbonyl (C=O) groups excluding carboxylic acids is 1. The molecule has 1 fully saturated rings. The molecule has 1 unspecified atom stereocenters. The third-order valence-corrected chi connectivity index (χ3v) is 2.44. The maximum absolute atomic E-state index is 11.8. The molecule has 1 amide bonds. The van der Waals surface area contributed by atoms with Gasteiger partial charge < -0.3 is 20.5 Å². The number of ether oxygens (including phenoxy) is 1. The smallest absolute Gasteiger partial charge is 0.305 e. The van der Waals surface area contributed by atoms with Crippen molar-refractivity contribution in [2.75, 3.05) is 13.1 Å². The number of aliphatic carboxylic acids is 1. The van der Waals surface area contributed by atoms with Crippen molar-refractivity contribution in [3.63, 3.8) is 0 Å². The molecule has 0 aromatic heterocycles. The second kappa shape index (κ2) is 5.27. The summed E-state index contributed by atoms with van der Waals surface area (Å²) in [4.78, 5) is 23.8. The van der Waals surface area contributed by atoms with Crippen LogP contribution in [0.5, 0.6) is 0 Å². The minimum absolute atomic E-state index is 0.0373. The van der Waals surface area contributed by atoms with Crippen LogP contribution in [0.3, 0.4) is 0 Å². The van der Waals surface area contributed by atoms with Gasteiger partial charge in [0.25, 0.3) is 0 Å². The first-order valence-corrected chi connectivity index (χ1v) is 5.31. The summed E-state index contributed by atoms with van der Waals surface area (Å²) >= 11 is 0. The molecular formula is C10H18N2O4. The molecular weight excluding hydrogens is 212 g/mol. The highest BCUT2D eigenvalue weighted by molar-refractivity contribution is 5.86. The van der Waals surface area contributed by atoms with E-state index in [1.165, 1.54) is 0 Å². The van der Waals surface area contributed by atoms with Crippen molar-refractivity contribution in [1.29, 1.82) is 0 Å². The Hall–Kier alpha value is -1.14. The number of carboxylic acids is 1. The number of hydrogen-bond donors (Lipinski definition) is 2. The van der Waals surface area contributed by atoms with E-state index in [-0.39, 0.29) is 24.5 Å². The lowest BCUT2D eigenvalue weighted by Gasteiger charge is -2.36. The average molecular weight is 230 g/mol. The molecule has 16 heavy (non-hydrogen) atoms. The Morgan fingerprint density at radius 3 is 2.38 bits per heavy atom. The quantitative estimate of drug-likeness (QED) is 0.677. The number of nitrogens with two attached hydrogens (primary N) is 1. The van der Waals surface area contributed by atoms with Gasteiger partial charge in [0.1, 0.15) is 0 Å². The second-order valence-corrected chi connectivity index (χ2v) is 4.20. The monoisotopic (exact) mass is 230 g/mol. The van der Waals surface area contributed by atoms with E-state index in [4.69, 9.17) is 15.6 Å². The van der Waals surface area contributed by atoms with E-state index < -0.39 is 12.0 Å². The molecule has 0 spiro atoms. The highest BCUT2D eigenvalue weighted by atomic mass is 16.5. The van der Waals surface area contributed by atoms with E-state index in [2.05, 4.69) is 0 Å². The van der Waals surface area contributed by atoms with E-state index >= 15 is 0 Å². The summed E-state index contributed by atoms with van der Waals surface area (Å²) in [5.41, 5.74) is 5.53. The number of carbonyl (C=O) groups is 2. The minimum atomic E-state index is -1.06. The SMILES string of the molecule is C[C@@H]1CN(C(=O)C(N)CC(=O)O)C[C@H](C)O1. The van der Waals surface area contributed by atoms with Crippen molar-refractivity contribution >= 4 is 11.9 Å². The van der Waals surface area contributed by atoms with E-state index in [0.717, 1.165) is 0 Å². The Morgan fingerprint density at radius 1 is 1.44 bits per heavy atom. The second-order valence-electron chi connectivity index (χ2n) is 4.20. The highest BCUT2D eigenvalue weighted by Crippen LogP contribution is 2.12. The molecule has 0 bridgehead atoms. The lowest BCUT2D eigenvalue weighted by Crippen LogP contribution is -2.53. The first-order valence-electron chi connectivity index (χ1n) is 5.31. The van der Waals surface area contributed by atoms with Crippen molar-refractivity contribution in [2.24, 2.45) is 5.73 Å². The number of hydrogen-bond acceptors (Lipinski definition) is 4. The Morgan fingerprint density at radius 2 is 1.94 bits per heavy atom.